The Morgan fingerprint density at radius 2 is 1.74 bits per heavy atom. The van der Waals surface area contributed by atoms with Crippen LogP contribution in [-0.2, 0) is 0 Å². The third kappa shape index (κ3) is 3.48. The van der Waals surface area contributed by atoms with Gasteiger partial charge in [0.15, 0.2) is 5.82 Å². The first-order chi connectivity index (χ1) is 11.0. The number of anilines is 4. The van der Waals surface area contributed by atoms with Crippen LogP contribution in [0.2, 0.25) is 0 Å². The smallest absolute Gasteiger partial charge is 0.230 e. The second-order valence-electron chi connectivity index (χ2n) is 5.54. The quantitative estimate of drug-likeness (QED) is 0.752. The van der Waals surface area contributed by atoms with E-state index in [1.165, 1.54) is 11.1 Å². The zero-order valence-electron chi connectivity index (χ0n) is 13.6. The average Bonchev–Trinajstić information content (AvgIpc) is 2.88. The largest absolute Gasteiger partial charge is 0.360 e. The molecule has 118 valence electrons. The molecule has 0 aliphatic heterocycles. The summed E-state index contributed by atoms with van der Waals surface area (Å²) >= 11 is 0. The minimum atomic E-state index is 0.478. The van der Waals surface area contributed by atoms with Crippen molar-refractivity contribution in [3.8, 4) is 0 Å². The van der Waals surface area contributed by atoms with Gasteiger partial charge in [-0.25, -0.2) is 4.98 Å². The van der Waals surface area contributed by atoms with E-state index in [1.807, 2.05) is 32.0 Å². The van der Waals surface area contributed by atoms with Gasteiger partial charge in [-0.2, -0.15) is 4.98 Å². The molecule has 6 nitrogen and oxygen atoms in total. The van der Waals surface area contributed by atoms with Gasteiger partial charge in [0.05, 0.1) is 0 Å². The Kier molecular flexibility index (Phi) is 3.97. The van der Waals surface area contributed by atoms with E-state index >= 15 is 0 Å². The molecule has 0 saturated carbocycles. The standard InChI is InChI=1S/C17H19N5O/c1-10-6-5-7-14(13(10)4)19-15-8-11(2)18-17(20-15)21-16-9-12(3)23-22-16/h5-9H,1-4H3,(H2,18,19,20,21,22). The van der Waals surface area contributed by atoms with Crippen LogP contribution in [0.15, 0.2) is 34.9 Å². The molecule has 0 fully saturated rings. The number of aromatic nitrogens is 3. The van der Waals surface area contributed by atoms with Crippen LogP contribution < -0.4 is 10.6 Å². The van der Waals surface area contributed by atoms with E-state index in [2.05, 4.69) is 45.7 Å². The van der Waals surface area contributed by atoms with Crippen LogP contribution in [0.1, 0.15) is 22.6 Å². The first kappa shape index (κ1) is 15.0. The van der Waals surface area contributed by atoms with Crippen LogP contribution >= 0.6 is 0 Å². The zero-order valence-corrected chi connectivity index (χ0v) is 13.6. The summed E-state index contributed by atoms with van der Waals surface area (Å²) in [6.45, 7) is 7.94. The van der Waals surface area contributed by atoms with E-state index in [4.69, 9.17) is 4.52 Å². The van der Waals surface area contributed by atoms with Gasteiger partial charge < -0.3 is 15.2 Å². The number of rotatable bonds is 4. The second-order valence-corrected chi connectivity index (χ2v) is 5.54. The van der Waals surface area contributed by atoms with Gasteiger partial charge >= 0.3 is 0 Å². The molecule has 3 rings (SSSR count). The first-order valence-electron chi connectivity index (χ1n) is 7.40. The highest BCUT2D eigenvalue weighted by molar-refractivity contribution is 5.63. The molecule has 0 atom stereocenters. The molecule has 0 bridgehead atoms. The Balaban J connectivity index is 1.86. The molecule has 0 aliphatic rings. The van der Waals surface area contributed by atoms with Crippen LogP contribution in [-0.4, -0.2) is 15.1 Å². The summed E-state index contributed by atoms with van der Waals surface area (Å²) < 4.78 is 5.04. The molecule has 0 aliphatic carbocycles. The SMILES string of the molecule is Cc1cc(Nc2cccc(C)c2C)nc(Nc2cc(C)on2)n1. The molecule has 2 aromatic heterocycles. The van der Waals surface area contributed by atoms with Gasteiger partial charge in [-0.3, -0.25) is 0 Å². The maximum atomic E-state index is 5.04. The van der Waals surface area contributed by atoms with Crippen LogP contribution in [0.4, 0.5) is 23.3 Å². The van der Waals surface area contributed by atoms with Crippen molar-refractivity contribution in [2.45, 2.75) is 27.7 Å². The predicted molar refractivity (Wildman–Crippen MR) is 90.5 cm³/mol. The van der Waals surface area contributed by atoms with Crippen molar-refractivity contribution in [3.05, 3.63) is 52.9 Å². The van der Waals surface area contributed by atoms with Crippen molar-refractivity contribution < 1.29 is 4.52 Å². The summed E-state index contributed by atoms with van der Waals surface area (Å²) in [5.41, 5.74) is 4.32. The minimum Gasteiger partial charge on any atom is -0.360 e. The van der Waals surface area contributed by atoms with Crippen molar-refractivity contribution in [1.82, 2.24) is 15.1 Å². The molecular formula is C17H19N5O. The molecule has 0 unspecified atom stereocenters. The molecule has 1 aromatic carbocycles. The summed E-state index contributed by atoms with van der Waals surface area (Å²) in [6.07, 6.45) is 0. The van der Waals surface area contributed by atoms with E-state index in [1.54, 1.807) is 6.07 Å². The second kappa shape index (κ2) is 6.08. The molecule has 0 spiro atoms. The lowest BCUT2D eigenvalue weighted by molar-refractivity contribution is 0.400. The summed E-state index contributed by atoms with van der Waals surface area (Å²) in [5, 5.41) is 10.3. The highest BCUT2D eigenvalue weighted by Crippen LogP contribution is 2.23. The van der Waals surface area contributed by atoms with Crippen LogP contribution in [0.3, 0.4) is 0 Å². The van der Waals surface area contributed by atoms with Crippen molar-refractivity contribution in [1.29, 1.82) is 0 Å². The molecule has 6 heteroatoms. The number of nitrogens with zero attached hydrogens (tertiary/aromatic N) is 3. The highest BCUT2D eigenvalue weighted by atomic mass is 16.5. The molecule has 0 saturated heterocycles. The molecule has 2 N–H and O–H groups in total. The van der Waals surface area contributed by atoms with Crippen molar-refractivity contribution >= 4 is 23.3 Å². The van der Waals surface area contributed by atoms with Gasteiger partial charge in [-0.1, -0.05) is 17.3 Å². The summed E-state index contributed by atoms with van der Waals surface area (Å²) in [4.78, 5) is 8.87. The van der Waals surface area contributed by atoms with Gasteiger partial charge in [0.1, 0.15) is 11.6 Å². The summed E-state index contributed by atoms with van der Waals surface area (Å²) in [5.74, 6) is 2.53. The lowest BCUT2D eigenvalue weighted by Crippen LogP contribution is -2.03. The Labute approximate surface area is 135 Å². The molecule has 0 amide bonds. The van der Waals surface area contributed by atoms with Crippen molar-refractivity contribution in [2.24, 2.45) is 0 Å². The third-order valence-electron chi connectivity index (χ3n) is 3.59. The fourth-order valence-electron chi connectivity index (χ4n) is 2.25. The van der Waals surface area contributed by atoms with Gasteiger partial charge in [-0.15, -0.1) is 0 Å². The Morgan fingerprint density at radius 1 is 0.913 bits per heavy atom. The maximum absolute atomic E-state index is 5.04. The summed E-state index contributed by atoms with van der Waals surface area (Å²) in [6, 6.07) is 9.85. The minimum absolute atomic E-state index is 0.478. The summed E-state index contributed by atoms with van der Waals surface area (Å²) in [7, 11) is 0. The Morgan fingerprint density at radius 3 is 2.48 bits per heavy atom. The molecular weight excluding hydrogens is 290 g/mol. The first-order valence-corrected chi connectivity index (χ1v) is 7.40. The molecule has 3 aromatic rings. The van der Waals surface area contributed by atoms with E-state index < -0.39 is 0 Å². The van der Waals surface area contributed by atoms with Gasteiger partial charge in [0, 0.05) is 23.5 Å². The maximum Gasteiger partial charge on any atom is 0.230 e. The highest BCUT2D eigenvalue weighted by Gasteiger charge is 2.07. The number of benzene rings is 1. The molecule has 2 heterocycles. The van der Waals surface area contributed by atoms with Crippen LogP contribution in [0, 0.1) is 27.7 Å². The number of nitrogens with one attached hydrogen (secondary N) is 2. The molecule has 0 radical (unpaired) electrons. The van der Waals surface area contributed by atoms with E-state index in [9.17, 15) is 0 Å². The molecule has 23 heavy (non-hydrogen) atoms. The van der Waals surface area contributed by atoms with Crippen LogP contribution in [0.25, 0.3) is 0 Å². The van der Waals surface area contributed by atoms with E-state index in [0.717, 1.165) is 23.0 Å². The van der Waals surface area contributed by atoms with E-state index in [0.29, 0.717) is 11.8 Å². The average molecular weight is 309 g/mol. The van der Waals surface area contributed by atoms with Gasteiger partial charge in [0.2, 0.25) is 5.95 Å². The number of aryl methyl sites for hydroxylation is 3. The fraction of sp³-hybridized carbons (Fsp3) is 0.235. The monoisotopic (exact) mass is 309 g/mol. The lowest BCUT2D eigenvalue weighted by atomic mass is 10.1. The van der Waals surface area contributed by atoms with E-state index in [-0.39, 0.29) is 0 Å². The number of hydrogen-bond donors (Lipinski definition) is 2. The number of hydrogen-bond acceptors (Lipinski definition) is 6. The predicted octanol–water partition coefficient (Wildman–Crippen LogP) is 4.19. The van der Waals surface area contributed by atoms with Gasteiger partial charge in [-0.05, 0) is 44.9 Å². The van der Waals surface area contributed by atoms with Crippen molar-refractivity contribution in [3.63, 3.8) is 0 Å². The third-order valence-corrected chi connectivity index (χ3v) is 3.59. The van der Waals surface area contributed by atoms with Gasteiger partial charge in [0.25, 0.3) is 0 Å². The van der Waals surface area contributed by atoms with Crippen LogP contribution in [0.5, 0.6) is 0 Å². The van der Waals surface area contributed by atoms with Crippen molar-refractivity contribution in [2.75, 3.05) is 10.6 Å². The Bertz CT molecular complexity index is 841. The fourth-order valence-corrected chi connectivity index (χ4v) is 2.25. The topological polar surface area (TPSA) is 75.9 Å². The Hall–Kier alpha value is -2.89. The zero-order chi connectivity index (χ0) is 16.4. The lowest BCUT2D eigenvalue weighted by Gasteiger charge is -2.12. The normalized spacial score (nSPS) is 10.6.